The Bertz CT molecular complexity index is 674. The van der Waals surface area contributed by atoms with Crippen molar-refractivity contribution in [1.29, 1.82) is 0 Å². The fourth-order valence-corrected chi connectivity index (χ4v) is 3.57. The zero-order valence-corrected chi connectivity index (χ0v) is 12.7. The third kappa shape index (κ3) is 3.80. The molecule has 0 unspecified atom stereocenters. The zero-order chi connectivity index (χ0) is 16.2. The van der Waals surface area contributed by atoms with E-state index in [1.807, 2.05) is 0 Å². The first kappa shape index (κ1) is 16.4. The van der Waals surface area contributed by atoms with Crippen molar-refractivity contribution >= 4 is 21.6 Å². The molecule has 0 saturated carbocycles. The van der Waals surface area contributed by atoms with Crippen molar-refractivity contribution in [2.75, 3.05) is 19.6 Å². The van der Waals surface area contributed by atoms with E-state index in [-0.39, 0.29) is 17.3 Å². The van der Waals surface area contributed by atoms with Gasteiger partial charge in [0.25, 0.3) is 5.69 Å². The predicted octanol–water partition coefficient (Wildman–Crippen LogP) is 0.886. The number of carbonyl (C=O) groups is 1. The maximum Gasteiger partial charge on any atom is 0.289 e. The van der Waals surface area contributed by atoms with Crippen LogP contribution in [-0.4, -0.2) is 43.8 Å². The van der Waals surface area contributed by atoms with Gasteiger partial charge in [0.2, 0.25) is 15.9 Å². The summed E-state index contributed by atoms with van der Waals surface area (Å²) in [4.78, 5) is 22.9. The van der Waals surface area contributed by atoms with E-state index < -0.39 is 20.6 Å². The summed E-state index contributed by atoms with van der Waals surface area (Å²) in [6.07, 6.45) is 1.84. The van der Waals surface area contributed by atoms with Gasteiger partial charge >= 0.3 is 0 Å². The SMILES string of the molecule is O=C1CCCN1CCCNS(=O)(=O)c1ccccc1[N+](=O)[O-]. The van der Waals surface area contributed by atoms with Gasteiger partial charge in [-0.3, -0.25) is 14.9 Å². The maximum atomic E-state index is 12.1. The predicted molar refractivity (Wildman–Crippen MR) is 78.7 cm³/mol. The number of carbonyl (C=O) groups excluding carboxylic acids is 1. The van der Waals surface area contributed by atoms with Gasteiger partial charge in [0.15, 0.2) is 4.90 Å². The summed E-state index contributed by atoms with van der Waals surface area (Å²) in [7, 11) is -3.94. The number of nitrogens with zero attached hydrogens (tertiary/aromatic N) is 2. The molecule has 0 aromatic heterocycles. The number of para-hydroxylation sites is 1. The number of rotatable bonds is 7. The molecule has 1 aromatic rings. The molecule has 0 aliphatic carbocycles. The molecule has 22 heavy (non-hydrogen) atoms. The van der Waals surface area contributed by atoms with Gasteiger partial charge in [-0.15, -0.1) is 0 Å². The Morgan fingerprint density at radius 3 is 2.68 bits per heavy atom. The lowest BCUT2D eigenvalue weighted by Crippen LogP contribution is -2.30. The molecule has 1 amide bonds. The van der Waals surface area contributed by atoms with E-state index in [0.717, 1.165) is 12.5 Å². The number of nitrogens with one attached hydrogen (secondary N) is 1. The molecule has 120 valence electrons. The number of benzene rings is 1. The van der Waals surface area contributed by atoms with E-state index in [9.17, 15) is 23.3 Å². The lowest BCUT2D eigenvalue weighted by atomic mass is 10.3. The molecule has 0 bridgehead atoms. The van der Waals surface area contributed by atoms with Gasteiger partial charge in [-0.25, -0.2) is 13.1 Å². The minimum atomic E-state index is -3.94. The Balaban J connectivity index is 1.94. The minimum Gasteiger partial charge on any atom is -0.343 e. The summed E-state index contributed by atoms with van der Waals surface area (Å²) in [5.41, 5.74) is -0.454. The van der Waals surface area contributed by atoms with Crippen LogP contribution in [-0.2, 0) is 14.8 Å². The summed E-state index contributed by atoms with van der Waals surface area (Å²) in [5, 5.41) is 10.9. The first-order chi connectivity index (χ1) is 10.4. The van der Waals surface area contributed by atoms with E-state index in [2.05, 4.69) is 4.72 Å². The number of nitro groups is 1. The molecule has 1 aromatic carbocycles. The lowest BCUT2D eigenvalue weighted by Gasteiger charge is -2.15. The highest BCUT2D eigenvalue weighted by Gasteiger charge is 2.25. The second-order valence-electron chi connectivity index (χ2n) is 4.96. The fraction of sp³-hybridized carbons (Fsp3) is 0.462. The number of amides is 1. The van der Waals surface area contributed by atoms with Crippen molar-refractivity contribution in [2.24, 2.45) is 0 Å². The molecule has 1 saturated heterocycles. The summed E-state index contributed by atoms with van der Waals surface area (Å²) in [6.45, 7) is 1.31. The highest BCUT2D eigenvalue weighted by molar-refractivity contribution is 7.89. The molecule has 1 aliphatic heterocycles. The first-order valence-corrected chi connectivity index (χ1v) is 8.41. The van der Waals surface area contributed by atoms with Crippen LogP contribution in [0.4, 0.5) is 5.69 Å². The Morgan fingerprint density at radius 2 is 2.05 bits per heavy atom. The number of hydrogen-bond donors (Lipinski definition) is 1. The second kappa shape index (κ2) is 6.84. The van der Waals surface area contributed by atoms with Crippen molar-refractivity contribution < 1.29 is 18.1 Å². The highest BCUT2D eigenvalue weighted by Crippen LogP contribution is 2.22. The van der Waals surface area contributed by atoms with Crippen LogP contribution < -0.4 is 4.72 Å². The normalized spacial score (nSPS) is 15.3. The molecule has 8 nitrogen and oxygen atoms in total. The van der Waals surface area contributed by atoms with Crippen LogP contribution in [0.25, 0.3) is 0 Å². The van der Waals surface area contributed by atoms with Crippen LogP contribution in [0.1, 0.15) is 19.3 Å². The highest BCUT2D eigenvalue weighted by atomic mass is 32.2. The third-order valence-electron chi connectivity index (χ3n) is 3.42. The van der Waals surface area contributed by atoms with Gasteiger partial charge in [0.1, 0.15) is 0 Å². The smallest absolute Gasteiger partial charge is 0.289 e. The Hall–Kier alpha value is -2.00. The number of hydrogen-bond acceptors (Lipinski definition) is 5. The van der Waals surface area contributed by atoms with E-state index in [1.54, 1.807) is 4.90 Å². The number of likely N-dealkylation sites (tertiary alicyclic amines) is 1. The van der Waals surface area contributed by atoms with Crippen molar-refractivity contribution in [3.63, 3.8) is 0 Å². The molecule has 1 N–H and O–H groups in total. The number of sulfonamides is 1. The van der Waals surface area contributed by atoms with Crippen molar-refractivity contribution in [1.82, 2.24) is 9.62 Å². The molecule has 1 fully saturated rings. The van der Waals surface area contributed by atoms with Crippen molar-refractivity contribution in [3.05, 3.63) is 34.4 Å². The largest absolute Gasteiger partial charge is 0.343 e. The van der Waals surface area contributed by atoms with E-state index in [1.165, 1.54) is 18.2 Å². The summed E-state index contributed by atoms with van der Waals surface area (Å²) >= 11 is 0. The van der Waals surface area contributed by atoms with Gasteiger partial charge in [-0.1, -0.05) is 12.1 Å². The van der Waals surface area contributed by atoms with Gasteiger partial charge in [-0.2, -0.15) is 0 Å². The molecule has 1 aliphatic rings. The molecule has 0 radical (unpaired) electrons. The average molecular weight is 327 g/mol. The Labute approximate surface area is 128 Å². The van der Waals surface area contributed by atoms with Crippen molar-refractivity contribution in [2.45, 2.75) is 24.2 Å². The monoisotopic (exact) mass is 327 g/mol. The van der Waals surface area contributed by atoms with Crippen molar-refractivity contribution in [3.8, 4) is 0 Å². The maximum absolute atomic E-state index is 12.1. The van der Waals surface area contributed by atoms with Crippen LogP contribution in [0.3, 0.4) is 0 Å². The molecule has 9 heteroatoms. The van der Waals surface area contributed by atoms with E-state index in [4.69, 9.17) is 0 Å². The first-order valence-electron chi connectivity index (χ1n) is 6.92. The van der Waals surface area contributed by atoms with Gasteiger partial charge < -0.3 is 4.90 Å². The standard InChI is InChI=1S/C13H17N3O5S/c17-13-7-3-9-15(13)10-4-8-14-22(20,21)12-6-2-1-5-11(12)16(18)19/h1-2,5-6,14H,3-4,7-10H2. The van der Waals surface area contributed by atoms with Gasteiger partial charge in [-0.05, 0) is 18.9 Å². The lowest BCUT2D eigenvalue weighted by molar-refractivity contribution is -0.387. The zero-order valence-electron chi connectivity index (χ0n) is 11.9. The fourth-order valence-electron chi connectivity index (χ4n) is 2.33. The minimum absolute atomic E-state index is 0.0848. The van der Waals surface area contributed by atoms with Crippen LogP contribution in [0.15, 0.2) is 29.2 Å². The third-order valence-corrected chi connectivity index (χ3v) is 4.93. The molecule has 2 rings (SSSR count). The van der Waals surface area contributed by atoms with E-state index >= 15 is 0 Å². The molecule has 1 heterocycles. The number of nitro benzene ring substituents is 1. The van der Waals surface area contributed by atoms with Crippen LogP contribution in [0.2, 0.25) is 0 Å². The topological polar surface area (TPSA) is 110 Å². The Kier molecular flexibility index (Phi) is 5.09. The summed E-state index contributed by atoms with van der Waals surface area (Å²) < 4.78 is 26.6. The molecule has 0 spiro atoms. The average Bonchev–Trinajstić information content (AvgIpc) is 2.89. The second-order valence-corrected chi connectivity index (χ2v) is 6.70. The van der Waals surface area contributed by atoms with E-state index in [0.29, 0.717) is 25.9 Å². The van der Waals surface area contributed by atoms with Crippen LogP contribution >= 0.6 is 0 Å². The molecule has 0 atom stereocenters. The summed E-state index contributed by atoms with van der Waals surface area (Å²) in [5.74, 6) is 0.0848. The molecular formula is C13H17N3O5S. The quantitative estimate of drug-likeness (QED) is 0.454. The van der Waals surface area contributed by atoms with Crippen LogP contribution in [0.5, 0.6) is 0 Å². The van der Waals surface area contributed by atoms with Gasteiger partial charge in [0, 0.05) is 32.1 Å². The Morgan fingerprint density at radius 1 is 1.32 bits per heavy atom. The van der Waals surface area contributed by atoms with Gasteiger partial charge in [0.05, 0.1) is 4.92 Å². The summed E-state index contributed by atoms with van der Waals surface area (Å²) in [6, 6.07) is 5.20. The van der Waals surface area contributed by atoms with Crippen LogP contribution in [0, 0.1) is 10.1 Å². The molecular weight excluding hydrogens is 310 g/mol.